The Morgan fingerprint density at radius 2 is 2.12 bits per heavy atom. The van der Waals surface area contributed by atoms with Gasteiger partial charge < -0.3 is 16.0 Å². The second-order valence-corrected chi connectivity index (χ2v) is 8.48. The van der Waals surface area contributed by atoms with Crippen LogP contribution in [0.3, 0.4) is 0 Å². The van der Waals surface area contributed by atoms with Gasteiger partial charge in [-0.2, -0.15) is 0 Å². The highest BCUT2D eigenvalue weighted by molar-refractivity contribution is 8.00. The van der Waals surface area contributed by atoms with Gasteiger partial charge >= 0.3 is 0 Å². The first kappa shape index (κ1) is 19.2. The molecule has 3 unspecified atom stereocenters. The number of aromatic nitrogens is 1. The van der Waals surface area contributed by atoms with Crippen molar-refractivity contribution in [2.24, 2.45) is 11.7 Å². The summed E-state index contributed by atoms with van der Waals surface area (Å²) in [6.45, 7) is 4.16. The van der Waals surface area contributed by atoms with E-state index in [9.17, 15) is 9.59 Å². The lowest BCUT2D eigenvalue weighted by Gasteiger charge is -2.22. The second kappa shape index (κ2) is 8.86. The van der Waals surface area contributed by atoms with E-state index < -0.39 is 0 Å². The highest BCUT2D eigenvalue weighted by Crippen LogP contribution is 2.28. The van der Waals surface area contributed by atoms with Crippen LogP contribution in [-0.2, 0) is 4.79 Å². The van der Waals surface area contributed by atoms with Crippen molar-refractivity contribution in [1.82, 2.24) is 15.2 Å². The Balaban J connectivity index is 1.67. The molecule has 1 aromatic rings. The van der Waals surface area contributed by atoms with E-state index in [-0.39, 0.29) is 23.1 Å². The van der Waals surface area contributed by atoms with Crippen molar-refractivity contribution in [2.75, 3.05) is 19.6 Å². The highest BCUT2D eigenvalue weighted by Gasteiger charge is 2.29. The van der Waals surface area contributed by atoms with Crippen LogP contribution in [0.2, 0.25) is 0 Å². The Morgan fingerprint density at radius 3 is 2.85 bits per heavy atom. The first-order chi connectivity index (χ1) is 12.6. The smallest absolute Gasteiger partial charge is 0.254 e. The predicted octanol–water partition coefficient (Wildman–Crippen LogP) is 2.04. The van der Waals surface area contributed by atoms with E-state index in [4.69, 9.17) is 5.73 Å². The van der Waals surface area contributed by atoms with Crippen LogP contribution >= 0.6 is 11.8 Å². The molecule has 0 bridgehead atoms. The molecule has 0 aromatic carbocycles. The Bertz CT molecular complexity index is 648. The normalized spacial score (nSPS) is 23.8. The van der Waals surface area contributed by atoms with E-state index in [2.05, 4.69) is 10.3 Å². The van der Waals surface area contributed by atoms with E-state index >= 15 is 0 Å². The van der Waals surface area contributed by atoms with Gasteiger partial charge in [0.15, 0.2) is 0 Å². The zero-order chi connectivity index (χ0) is 18.5. The number of thioether (sulfide) groups is 1. The molecule has 3 rings (SSSR count). The number of nitrogens with zero attached hydrogens (tertiary/aromatic N) is 2. The van der Waals surface area contributed by atoms with E-state index in [1.54, 1.807) is 18.3 Å². The molecule has 26 heavy (non-hydrogen) atoms. The SMILES string of the molecule is CC(Sc1ncccc1C(=O)NC1CCCC1CN)C(=O)N1CCCC1. The molecule has 2 heterocycles. The maximum atomic E-state index is 12.8. The molecule has 1 aliphatic carbocycles. The quantitative estimate of drug-likeness (QED) is 0.742. The van der Waals surface area contributed by atoms with Crippen molar-refractivity contribution >= 4 is 23.6 Å². The van der Waals surface area contributed by atoms with Crippen LogP contribution in [0, 0.1) is 5.92 Å². The molecule has 2 fully saturated rings. The molecular weight excluding hydrogens is 348 g/mol. The Morgan fingerprint density at radius 1 is 1.35 bits per heavy atom. The van der Waals surface area contributed by atoms with Crippen LogP contribution < -0.4 is 11.1 Å². The van der Waals surface area contributed by atoms with Crippen LogP contribution in [0.5, 0.6) is 0 Å². The number of carbonyl (C=O) groups excluding carboxylic acids is 2. The Labute approximate surface area is 159 Å². The van der Waals surface area contributed by atoms with Crippen molar-refractivity contribution in [3.8, 4) is 0 Å². The topological polar surface area (TPSA) is 88.3 Å². The molecule has 1 saturated heterocycles. The lowest BCUT2D eigenvalue weighted by Crippen LogP contribution is -2.40. The third-order valence-corrected chi connectivity index (χ3v) is 6.45. The summed E-state index contributed by atoms with van der Waals surface area (Å²) in [4.78, 5) is 31.6. The maximum Gasteiger partial charge on any atom is 0.254 e. The molecule has 3 atom stereocenters. The van der Waals surface area contributed by atoms with Crippen LogP contribution in [0.4, 0.5) is 0 Å². The van der Waals surface area contributed by atoms with Gasteiger partial charge in [0.1, 0.15) is 5.03 Å². The van der Waals surface area contributed by atoms with Crippen molar-refractivity contribution in [3.63, 3.8) is 0 Å². The van der Waals surface area contributed by atoms with Gasteiger partial charge in [-0.3, -0.25) is 9.59 Å². The van der Waals surface area contributed by atoms with Gasteiger partial charge in [0.05, 0.1) is 10.8 Å². The summed E-state index contributed by atoms with van der Waals surface area (Å²) < 4.78 is 0. The second-order valence-electron chi connectivity index (χ2n) is 7.16. The number of amides is 2. The maximum absolute atomic E-state index is 12.8. The van der Waals surface area contributed by atoms with Crippen molar-refractivity contribution in [3.05, 3.63) is 23.9 Å². The lowest BCUT2D eigenvalue weighted by atomic mass is 10.0. The van der Waals surface area contributed by atoms with E-state index in [1.807, 2.05) is 11.8 Å². The number of likely N-dealkylation sites (tertiary alicyclic amines) is 1. The number of hydrogen-bond donors (Lipinski definition) is 2. The minimum atomic E-state index is -0.252. The number of rotatable bonds is 6. The molecule has 0 spiro atoms. The summed E-state index contributed by atoms with van der Waals surface area (Å²) in [5.41, 5.74) is 6.36. The summed E-state index contributed by atoms with van der Waals surface area (Å²) in [7, 11) is 0. The van der Waals surface area contributed by atoms with E-state index in [0.29, 0.717) is 23.1 Å². The van der Waals surface area contributed by atoms with Gasteiger partial charge in [-0.1, -0.05) is 18.2 Å². The summed E-state index contributed by atoms with van der Waals surface area (Å²) in [6, 6.07) is 3.68. The predicted molar refractivity (Wildman–Crippen MR) is 103 cm³/mol. The van der Waals surface area contributed by atoms with Crippen LogP contribution in [0.15, 0.2) is 23.4 Å². The van der Waals surface area contributed by atoms with Crippen LogP contribution in [0.1, 0.15) is 49.4 Å². The molecule has 1 aromatic heterocycles. The van der Waals surface area contributed by atoms with Crippen molar-refractivity contribution in [2.45, 2.75) is 55.3 Å². The molecule has 0 radical (unpaired) electrons. The fraction of sp³-hybridized carbons (Fsp3) is 0.632. The third-order valence-electron chi connectivity index (χ3n) is 5.35. The summed E-state index contributed by atoms with van der Waals surface area (Å²) in [5.74, 6) is 0.359. The molecule has 2 aliphatic rings. The number of nitrogens with one attached hydrogen (secondary N) is 1. The number of hydrogen-bond acceptors (Lipinski definition) is 5. The zero-order valence-electron chi connectivity index (χ0n) is 15.3. The van der Waals surface area contributed by atoms with Crippen LogP contribution in [0.25, 0.3) is 0 Å². The minimum absolute atomic E-state index is 0.119. The molecule has 2 amide bonds. The molecule has 3 N–H and O–H groups in total. The standard InChI is InChI=1S/C19H28N4O2S/c1-13(19(25)23-10-2-3-11-23)26-18-15(7-5-9-21-18)17(24)22-16-8-4-6-14(16)12-20/h5,7,9,13-14,16H,2-4,6,8,10-12,20H2,1H3,(H,22,24). The van der Waals surface area contributed by atoms with Gasteiger partial charge in [0, 0.05) is 25.3 Å². The Kier molecular flexibility index (Phi) is 6.53. The highest BCUT2D eigenvalue weighted by atomic mass is 32.2. The van der Waals surface area contributed by atoms with Gasteiger partial charge in [0.2, 0.25) is 5.91 Å². The molecule has 6 nitrogen and oxygen atoms in total. The van der Waals surface area contributed by atoms with Gasteiger partial charge in [-0.25, -0.2) is 4.98 Å². The summed E-state index contributed by atoms with van der Waals surface area (Å²) >= 11 is 1.37. The average molecular weight is 377 g/mol. The summed E-state index contributed by atoms with van der Waals surface area (Å²) in [6.07, 6.45) is 6.96. The Hall–Kier alpha value is -1.60. The van der Waals surface area contributed by atoms with E-state index in [1.165, 1.54) is 11.8 Å². The molecule has 142 valence electrons. The monoisotopic (exact) mass is 376 g/mol. The van der Waals surface area contributed by atoms with Gasteiger partial charge in [-0.05, 0) is 57.2 Å². The fourth-order valence-electron chi connectivity index (χ4n) is 3.83. The average Bonchev–Trinajstić information content (AvgIpc) is 3.33. The summed E-state index contributed by atoms with van der Waals surface area (Å²) in [5, 5.41) is 3.49. The fourth-order valence-corrected chi connectivity index (χ4v) is 4.82. The minimum Gasteiger partial charge on any atom is -0.349 e. The largest absolute Gasteiger partial charge is 0.349 e. The zero-order valence-corrected chi connectivity index (χ0v) is 16.1. The molecule has 1 saturated carbocycles. The van der Waals surface area contributed by atoms with E-state index in [0.717, 1.165) is 45.2 Å². The van der Waals surface area contributed by atoms with Crippen molar-refractivity contribution < 1.29 is 9.59 Å². The number of nitrogens with two attached hydrogens (primary N) is 1. The van der Waals surface area contributed by atoms with Gasteiger partial charge in [-0.15, -0.1) is 0 Å². The first-order valence-corrected chi connectivity index (χ1v) is 10.4. The molecule has 1 aliphatic heterocycles. The molecule has 7 heteroatoms. The van der Waals surface area contributed by atoms with Gasteiger partial charge in [0.25, 0.3) is 5.91 Å². The third kappa shape index (κ3) is 4.38. The molecular formula is C19H28N4O2S. The number of pyridine rings is 1. The van der Waals surface area contributed by atoms with Crippen molar-refractivity contribution in [1.29, 1.82) is 0 Å². The number of carbonyl (C=O) groups is 2. The first-order valence-electron chi connectivity index (χ1n) is 9.51. The van der Waals surface area contributed by atoms with Crippen LogP contribution in [-0.4, -0.2) is 52.6 Å². The lowest BCUT2D eigenvalue weighted by molar-refractivity contribution is -0.129.